The van der Waals surface area contributed by atoms with Crippen LogP contribution in [0.15, 0.2) is 48.5 Å². The highest BCUT2D eigenvalue weighted by atomic mass is 35.5. The normalized spacial score (nSPS) is 25.4. The molecule has 202 valence electrons. The van der Waals surface area contributed by atoms with Gasteiger partial charge in [-0.25, -0.2) is 8.42 Å². The van der Waals surface area contributed by atoms with Crippen molar-refractivity contribution in [1.29, 1.82) is 0 Å². The minimum Gasteiger partial charge on any atom is -0.481 e. The summed E-state index contributed by atoms with van der Waals surface area (Å²) in [6.07, 6.45) is -0.0154. The van der Waals surface area contributed by atoms with Crippen molar-refractivity contribution in [3.05, 3.63) is 69.7 Å². The number of halogens is 2. The van der Waals surface area contributed by atoms with Gasteiger partial charge in [0, 0.05) is 27.3 Å². The molecule has 3 rings (SSSR count). The average molecular weight is 568 g/mol. The molecule has 1 aliphatic rings. The highest BCUT2D eigenvalue weighted by Gasteiger charge is 2.55. The van der Waals surface area contributed by atoms with E-state index in [1.165, 1.54) is 0 Å². The molecule has 0 aliphatic heterocycles. The van der Waals surface area contributed by atoms with Gasteiger partial charge in [-0.3, -0.25) is 9.59 Å². The van der Waals surface area contributed by atoms with Gasteiger partial charge in [0.05, 0.1) is 17.4 Å². The van der Waals surface area contributed by atoms with E-state index in [-0.39, 0.29) is 35.7 Å². The Kier molecular flexibility index (Phi) is 9.19. The van der Waals surface area contributed by atoms with Gasteiger partial charge in [-0.1, -0.05) is 68.2 Å². The van der Waals surface area contributed by atoms with Crippen molar-refractivity contribution in [2.75, 3.05) is 5.75 Å². The quantitative estimate of drug-likeness (QED) is 0.352. The van der Waals surface area contributed by atoms with E-state index >= 15 is 0 Å². The Labute approximate surface area is 230 Å². The van der Waals surface area contributed by atoms with Gasteiger partial charge in [-0.15, -0.1) is 0 Å². The first kappa shape index (κ1) is 29.7. The van der Waals surface area contributed by atoms with Crippen LogP contribution in [0.3, 0.4) is 0 Å². The summed E-state index contributed by atoms with van der Waals surface area (Å²) < 4.78 is 26.4. The second kappa shape index (κ2) is 11.5. The fraction of sp³-hybridized carbons (Fsp3) is 0.517. The molecule has 1 fully saturated rings. The summed E-state index contributed by atoms with van der Waals surface area (Å²) in [5.41, 5.74) is 0.606. The molecule has 2 unspecified atom stereocenters. The minimum absolute atomic E-state index is 0.135. The zero-order valence-corrected chi connectivity index (χ0v) is 24.3. The largest absolute Gasteiger partial charge is 0.481 e. The van der Waals surface area contributed by atoms with Crippen LogP contribution < -0.4 is 0 Å². The standard InChI is InChI=1S/C29H36Cl2O5S/c1-17(2)24(16-37(35,36)18(3)4)27-26(19-9-11-21(30)12-10-19)23(20-7-6-8-22(31)13-20)14-29(5,28(27)34)15-25(32)33/h6-13,17-18,23-24,26-27H,14-16H2,1-5H3,(H,32,33)/t23-,24-,26?,27?,29-/m1/s1. The van der Waals surface area contributed by atoms with E-state index in [2.05, 4.69) is 0 Å². The highest BCUT2D eigenvalue weighted by molar-refractivity contribution is 7.91. The maximum atomic E-state index is 14.4. The number of aliphatic carboxylic acids is 1. The molecule has 37 heavy (non-hydrogen) atoms. The van der Waals surface area contributed by atoms with E-state index < -0.39 is 38.3 Å². The van der Waals surface area contributed by atoms with Gasteiger partial charge >= 0.3 is 5.97 Å². The predicted octanol–water partition coefficient (Wildman–Crippen LogP) is 7.03. The molecule has 0 aromatic heterocycles. The molecule has 0 spiro atoms. The van der Waals surface area contributed by atoms with Crippen molar-refractivity contribution >= 4 is 44.8 Å². The Bertz CT molecular complexity index is 1240. The maximum Gasteiger partial charge on any atom is 0.304 e. The number of carboxylic acids is 1. The van der Waals surface area contributed by atoms with E-state index in [1.807, 2.05) is 44.2 Å². The zero-order valence-electron chi connectivity index (χ0n) is 21.9. The number of Topliss-reactive ketones (excluding diaryl/α,β-unsaturated/α-hetero) is 1. The fourth-order valence-electron chi connectivity index (χ4n) is 5.84. The molecule has 0 amide bonds. The summed E-state index contributed by atoms with van der Waals surface area (Å²) >= 11 is 12.6. The molecular formula is C29H36Cl2O5S. The van der Waals surface area contributed by atoms with Crippen molar-refractivity contribution in [1.82, 2.24) is 0 Å². The Morgan fingerprint density at radius 1 is 1.03 bits per heavy atom. The third-order valence-electron chi connectivity index (χ3n) is 7.92. The number of benzene rings is 2. The first-order valence-electron chi connectivity index (χ1n) is 12.6. The second-order valence-electron chi connectivity index (χ2n) is 11.3. The monoisotopic (exact) mass is 566 g/mol. The van der Waals surface area contributed by atoms with Crippen LogP contribution in [-0.4, -0.2) is 36.3 Å². The average Bonchev–Trinajstić information content (AvgIpc) is 2.79. The molecule has 1 aliphatic carbocycles. The van der Waals surface area contributed by atoms with Gasteiger partial charge in [0.2, 0.25) is 0 Å². The maximum absolute atomic E-state index is 14.4. The molecule has 5 atom stereocenters. The summed E-state index contributed by atoms with van der Waals surface area (Å²) in [4.78, 5) is 26.3. The molecule has 0 radical (unpaired) electrons. The molecule has 0 saturated heterocycles. The number of hydrogen-bond donors (Lipinski definition) is 1. The Balaban J connectivity index is 2.30. The lowest BCUT2D eigenvalue weighted by Crippen LogP contribution is -2.51. The molecule has 1 N–H and O–H groups in total. The van der Waals surface area contributed by atoms with Crippen molar-refractivity contribution in [3.63, 3.8) is 0 Å². The van der Waals surface area contributed by atoms with Gasteiger partial charge in [0.15, 0.2) is 9.84 Å². The summed E-state index contributed by atoms with van der Waals surface area (Å²) in [6.45, 7) is 8.87. The van der Waals surface area contributed by atoms with Crippen LogP contribution >= 0.6 is 23.2 Å². The molecule has 1 saturated carbocycles. The van der Waals surface area contributed by atoms with Crippen molar-refractivity contribution in [3.8, 4) is 0 Å². The summed E-state index contributed by atoms with van der Waals surface area (Å²) in [6, 6.07) is 14.7. The lowest BCUT2D eigenvalue weighted by atomic mass is 9.53. The smallest absolute Gasteiger partial charge is 0.304 e. The van der Waals surface area contributed by atoms with Gasteiger partial charge in [0.1, 0.15) is 5.78 Å². The number of carbonyl (C=O) groups is 2. The Morgan fingerprint density at radius 3 is 2.16 bits per heavy atom. The van der Waals surface area contributed by atoms with Crippen molar-refractivity contribution in [2.24, 2.45) is 23.2 Å². The first-order valence-corrected chi connectivity index (χ1v) is 15.1. The fourth-order valence-corrected chi connectivity index (χ4v) is 7.68. The van der Waals surface area contributed by atoms with Gasteiger partial charge in [-0.05, 0) is 73.4 Å². The molecule has 0 bridgehead atoms. The van der Waals surface area contributed by atoms with Crippen LogP contribution in [-0.2, 0) is 19.4 Å². The Morgan fingerprint density at radius 2 is 1.65 bits per heavy atom. The summed E-state index contributed by atoms with van der Waals surface area (Å²) in [7, 11) is -3.49. The van der Waals surface area contributed by atoms with E-state index in [0.29, 0.717) is 16.5 Å². The minimum atomic E-state index is -3.49. The SMILES string of the molecule is CC(C)[C@@H](CS(=O)(=O)C(C)C)C1C(=O)[C@@](C)(CC(=O)O)C[C@H](c2cccc(Cl)c2)C1c1ccc(Cl)cc1. The van der Waals surface area contributed by atoms with Crippen LogP contribution in [0.1, 0.15) is 70.4 Å². The number of carbonyl (C=O) groups excluding carboxylic acids is 1. The molecule has 8 heteroatoms. The van der Waals surface area contributed by atoms with Crippen LogP contribution in [0.5, 0.6) is 0 Å². The van der Waals surface area contributed by atoms with E-state index in [4.69, 9.17) is 23.2 Å². The highest BCUT2D eigenvalue weighted by Crippen LogP contribution is 2.56. The van der Waals surface area contributed by atoms with Gasteiger partial charge < -0.3 is 5.11 Å². The van der Waals surface area contributed by atoms with E-state index in [0.717, 1.165) is 11.1 Å². The number of ketones is 1. The number of sulfone groups is 1. The van der Waals surface area contributed by atoms with Gasteiger partial charge in [0.25, 0.3) is 0 Å². The number of carboxylic acid groups (broad SMARTS) is 1. The number of hydrogen-bond acceptors (Lipinski definition) is 4. The molecule has 0 heterocycles. The third-order valence-corrected chi connectivity index (χ3v) is 10.7. The summed E-state index contributed by atoms with van der Waals surface area (Å²) in [5, 5.41) is 10.3. The molecular weight excluding hydrogens is 531 g/mol. The second-order valence-corrected chi connectivity index (χ2v) is 14.7. The zero-order chi connectivity index (χ0) is 27.7. The Hall–Kier alpha value is -1.89. The molecule has 2 aromatic rings. The van der Waals surface area contributed by atoms with Crippen LogP contribution in [0.2, 0.25) is 10.0 Å². The third kappa shape index (κ3) is 6.58. The van der Waals surface area contributed by atoms with Crippen molar-refractivity contribution < 1.29 is 23.1 Å². The lowest BCUT2D eigenvalue weighted by molar-refractivity contribution is -0.150. The summed E-state index contributed by atoms with van der Waals surface area (Å²) in [5.74, 6) is -3.37. The van der Waals surface area contributed by atoms with Crippen LogP contribution in [0.25, 0.3) is 0 Å². The lowest BCUT2D eigenvalue weighted by Gasteiger charge is -2.49. The molecule has 5 nitrogen and oxygen atoms in total. The van der Waals surface area contributed by atoms with Gasteiger partial charge in [-0.2, -0.15) is 0 Å². The van der Waals surface area contributed by atoms with Crippen LogP contribution in [0.4, 0.5) is 0 Å². The first-order chi connectivity index (χ1) is 17.2. The number of rotatable bonds is 9. The molecule has 2 aromatic carbocycles. The topological polar surface area (TPSA) is 88.5 Å². The van der Waals surface area contributed by atoms with E-state index in [9.17, 15) is 23.1 Å². The van der Waals surface area contributed by atoms with Crippen molar-refractivity contribution in [2.45, 2.75) is 64.5 Å². The van der Waals surface area contributed by atoms with Crippen LogP contribution in [0, 0.1) is 23.2 Å². The predicted molar refractivity (Wildman–Crippen MR) is 149 cm³/mol. The van der Waals surface area contributed by atoms with E-state index in [1.54, 1.807) is 39.0 Å².